The molecule has 0 heterocycles. The van der Waals surface area contributed by atoms with E-state index in [4.69, 9.17) is 18.9 Å². The summed E-state index contributed by atoms with van der Waals surface area (Å²) in [7, 11) is 6.51. The van der Waals surface area contributed by atoms with Crippen molar-refractivity contribution in [1.29, 1.82) is 0 Å². The van der Waals surface area contributed by atoms with Gasteiger partial charge in [-0.05, 0) is 29.8 Å². The second-order valence-electron chi connectivity index (χ2n) is 5.55. The Balaban J connectivity index is 0.00000392. The third-order valence-corrected chi connectivity index (χ3v) is 3.81. The van der Waals surface area contributed by atoms with Gasteiger partial charge in [-0.15, -0.1) is 24.0 Å². The van der Waals surface area contributed by atoms with E-state index < -0.39 is 0 Å². The Kier molecular flexibility index (Phi) is 10.9. The number of halogens is 1. The summed E-state index contributed by atoms with van der Waals surface area (Å²) in [4.78, 5) is 4.22. The second-order valence-corrected chi connectivity index (χ2v) is 5.55. The van der Waals surface area contributed by atoms with Crippen LogP contribution >= 0.6 is 24.0 Å². The van der Waals surface area contributed by atoms with E-state index in [-0.39, 0.29) is 24.0 Å². The molecular formula is C20H28IN3O4. The van der Waals surface area contributed by atoms with Crippen molar-refractivity contribution in [3.8, 4) is 23.0 Å². The summed E-state index contributed by atoms with van der Waals surface area (Å²) in [6, 6.07) is 13.5. The number of ether oxygens (including phenoxy) is 4. The number of nitrogens with zero attached hydrogens (tertiary/aromatic N) is 1. The molecule has 2 rings (SSSR count). The van der Waals surface area contributed by atoms with Gasteiger partial charge >= 0.3 is 0 Å². The largest absolute Gasteiger partial charge is 0.493 e. The lowest BCUT2D eigenvalue weighted by Crippen LogP contribution is -2.38. The molecule has 154 valence electrons. The summed E-state index contributed by atoms with van der Waals surface area (Å²) in [6.45, 7) is 1.72. The average molecular weight is 501 g/mol. The van der Waals surface area contributed by atoms with Crippen LogP contribution < -0.4 is 29.6 Å². The van der Waals surface area contributed by atoms with Gasteiger partial charge < -0.3 is 29.6 Å². The lowest BCUT2D eigenvalue weighted by molar-refractivity contribution is 0.322. The Morgan fingerprint density at radius 3 is 2.11 bits per heavy atom. The number of para-hydroxylation sites is 1. The van der Waals surface area contributed by atoms with Gasteiger partial charge in [0.1, 0.15) is 12.4 Å². The smallest absolute Gasteiger partial charge is 0.203 e. The standard InChI is InChI=1S/C20H27N3O4.HI/c1-21-20(22-10-11-27-16-8-6-5-7-9-16)23-14-15-12-17(24-2)19(26-4)18(13-15)25-3;/h5-9,12-13H,10-11,14H2,1-4H3,(H2,21,22,23);1H. The average Bonchev–Trinajstić information content (AvgIpc) is 2.73. The normalized spacial score (nSPS) is 10.5. The lowest BCUT2D eigenvalue weighted by Gasteiger charge is -2.16. The maximum absolute atomic E-state index is 5.66. The quantitative estimate of drug-likeness (QED) is 0.238. The van der Waals surface area contributed by atoms with Crippen LogP contribution in [0.2, 0.25) is 0 Å². The highest BCUT2D eigenvalue weighted by atomic mass is 127. The van der Waals surface area contributed by atoms with Crippen molar-refractivity contribution in [1.82, 2.24) is 10.6 Å². The topological polar surface area (TPSA) is 73.3 Å². The highest BCUT2D eigenvalue weighted by molar-refractivity contribution is 14.0. The molecule has 7 nitrogen and oxygen atoms in total. The number of guanidine groups is 1. The maximum Gasteiger partial charge on any atom is 0.203 e. The Hall–Kier alpha value is -2.36. The molecule has 0 saturated carbocycles. The molecule has 2 N–H and O–H groups in total. The van der Waals surface area contributed by atoms with E-state index in [1.165, 1.54) is 0 Å². The molecule has 0 spiro atoms. The Labute approximate surface area is 183 Å². The molecule has 2 aromatic carbocycles. The van der Waals surface area contributed by atoms with Gasteiger partial charge in [0.15, 0.2) is 17.5 Å². The number of aliphatic imine (C=N–C) groups is 1. The Bertz CT molecular complexity index is 716. The minimum absolute atomic E-state index is 0. The van der Waals surface area contributed by atoms with Crippen LogP contribution in [0, 0.1) is 0 Å². The zero-order valence-electron chi connectivity index (χ0n) is 16.7. The summed E-state index contributed by atoms with van der Waals surface area (Å²) in [5.74, 6) is 3.34. The van der Waals surface area contributed by atoms with Crippen LogP contribution in [0.25, 0.3) is 0 Å². The number of benzene rings is 2. The van der Waals surface area contributed by atoms with Crippen molar-refractivity contribution in [3.05, 3.63) is 48.0 Å². The van der Waals surface area contributed by atoms with Gasteiger partial charge in [0.25, 0.3) is 0 Å². The summed E-state index contributed by atoms with van der Waals surface area (Å²) < 4.78 is 21.8. The van der Waals surface area contributed by atoms with Crippen molar-refractivity contribution in [2.75, 3.05) is 41.5 Å². The van der Waals surface area contributed by atoms with Gasteiger partial charge in [-0.1, -0.05) is 18.2 Å². The molecule has 2 aromatic rings. The molecule has 0 atom stereocenters. The van der Waals surface area contributed by atoms with Crippen LogP contribution in [0.15, 0.2) is 47.5 Å². The van der Waals surface area contributed by atoms with Crippen LogP contribution in [0.4, 0.5) is 0 Å². The van der Waals surface area contributed by atoms with Crippen molar-refractivity contribution in [2.45, 2.75) is 6.54 Å². The van der Waals surface area contributed by atoms with E-state index in [9.17, 15) is 0 Å². The van der Waals surface area contributed by atoms with E-state index in [2.05, 4.69) is 15.6 Å². The Morgan fingerprint density at radius 1 is 0.929 bits per heavy atom. The zero-order valence-corrected chi connectivity index (χ0v) is 19.0. The third-order valence-electron chi connectivity index (χ3n) is 3.81. The number of methoxy groups -OCH3 is 3. The monoisotopic (exact) mass is 501 g/mol. The summed E-state index contributed by atoms with van der Waals surface area (Å²) >= 11 is 0. The predicted octanol–water partition coefficient (Wildman–Crippen LogP) is 3.07. The first-order valence-electron chi connectivity index (χ1n) is 8.63. The molecular weight excluding hydrogens is 473 g/mol. The van der Waals surface area contributed by atoms with Crippen molar-refractivity contribution in [3.63, 3.8) is 0 Å². The van der Waals surface area contributed by atoms with Gasteiger partial charge in [0.2, 0.25) is 5.75 Å². The van der Waals surface area contributed by atoms with Crippen LogP contribution in [-0.4, -0.2) is 47.5 Å². The zero-order chi connectivity index (χ0) is 19.5. The van der Waals surface area contributed by atoms with Crippen LogP contribution in [0.1, 0.15) is 5.56 Å². The molecule has 0 saturated heterocycles. The minimum Gasteiger partial charge on any atom is -0.493 e. The molecule has 0 bridgehead atoms. The van der Waals surface area contributed by atoms with Gasteiger partial charge in [0, 0.05) is 13.6 Å². The van der Waals surface area contributed by atoms with Crippen molar-refractivity contribution >= 4 is 29.9 Å². The van der Waals surface area contributed by atoms with E-state index >= 15 is 0 Å². The SMILES string of the molecule is CN=C(NCCOc1ccccc1)NCc1cc(OC)c(OC)c(OC)c1.I. The number of nitrogens with one attached hydrogen (secondary N) is 2. The summed E-state index contributed by atoms with van der Waals surface area (Å²) in [5.41, 5.74) is 0.980. The lowest BCUT2D eigenvalue weighted by atomic mass is 10.2. The van der Waals surface area contributed by atoms with Crippen LogP contribution in [0.3, 0.4) is 0 Å². The Morgan fingerprint density at radius 2 is 1.57 bits per heavy atom. The van der Waals surface area contributed by atoms with Gasteiger partial charge in [-0.2, -0.15) is 0 Å². The molecule has 0 aliphatic rings. The molecule has 0 fully saturated rings. The third kappa shape index (κ3) is 6.99. The molecule has 0 radical (unpaired) electrons. The molecule has 28 heavy (non-hydrogen) atoms. The minimum atomic E-state index is 0. The highest BCUT2D eigenvalue weighted by Crippen LogP contribution is 2.38. The molecule has 0 aliphatic heterocycles. The first-order chi connectivity index (χ1) is 13.2. The molecule has 0 unspecified atom stereocenters. The van der Waals surface area contributed by atoms with Gasteiger partial charge in [-0.25, -0.2) is 0 Å². The summed E-state index contributed by atoms with van der Waals surface area (Å²) in [6.07, 6.45) is 0. The predicted molar refractivity (Wildman–Crippen MR) is 122 cm³/mol. The molecule has 0 aliphatic carbocycles. The number of hydrogen-bond donors (Lipinski definition) is 2. The van der Waals surface area contributed by atoms with Crippen LogP contribution in [0.5, 0.6) is 23.0 Å². The molecule has 0 aromatic heterocycles. The first kappa shape index (κ1) is 23.7. The van der Waals surface area contributed by atoms with Crippen molar-refractivity contribution in [2.24, 2.45) is 4.99 Å². The number of rotatable bonds is 9. The van der Waals surface area contributed by atoms with Crippen molar-refractivity contribution < 1.29 is 18.9 Å². The molecule has 8 heteroatoms. The van der Waals surface area contributed by atoms with Gasteiger partial charge in [-0.3, -0.25) is 4.99 Å². The fourth-order valence-corrected chi connectivity index (χ4v) is 2.50. The highest BCUT2D eigenvalue weighted by Gasteiger charge is 2.13. The van der Waals surface area contributed by atoms with Crippen LogP contribution in [-0.2, 0) is 6.54 Å². The fourth-order valence-electron chi connectivity index (χ4n) is 2.50. The molecule has 0 amide bonds. The van der Waals surface area contributed by atoms with E-state index in [1.807, 2.05) is 42.5 Å². The van der Waals surface area contributed by atoms with E-state index in [1.54, 1.807) is 28.4 Å². The summed E-state index contributed by atoms with van der Waals surface area (Å²) in [5, 5.41) is 6.47. The maximum atomic E-state index is 5.66. The first-order valence-corrected chi connectivity index (χ1v) is 8.63. The van der Waals surface area contributed by atoms with E-state index in [0.717, 1.165) is 11.3 Å². The second kappa shape index (κ2) is 12.9. The van der Waals surface area contributed by atoms with Gasteiger partial charge in [0.05, 0.1) is 27.9 Å². The number of hydrogen-bond acceptors (Lipinski definition) is 5. The fraction of sp³-hybridized carbons (Fsp3) is 0.350. The van der Waals surface area contributed by atoms with E-state index in [0.29, 0.717) is 42.9 Å².